The molecule has 0 aliphatic carbocycles. The Kier molecular flexibility index (Phi) is 19.6. The second-order valence-corrected chi connectivity index (χ2v) is 12.1. The van der Waals surface area contributed by atoms with Gasteiger partial charge in [0.15, 0.2) is 6.54 Å². The van der Waals surface area contributed by atoms with Crippen molar-refractivity contribution in [2.75, 3.05) is 13.7 Å². The van der Waals surface area contributed by atoms with Crippen LogP contribution in [0.5, 0.6) is 0 Å². The van der Waals surface area contributed by atoms with E-state index in [-0.39, 0.29) is 43.4 Å². The highest BCUT2D eigenvalue weighted by Crippen LogP contribution is 2.38. The van der Waals surface area contributed by atoms with Gasteiger partial charge in [0.05, 0.1) is 32.3 Å². The van der Waals surface area contributed by atoms with Crippen molar-refractivity contribution in [3.63, 3.8) is 0 Å². The highest BCUT2D eigenvalue weighted by molar-refractivity contribution is 14.1. The van der Waals surface area contributed by atoms with Crippen LogP contribution in [0.15, 0.2) is 60.7 Å². The quantitative estimate of drug-likeness (QED) is 0.0698. The van der Waals surface area contributed by atoms with Crippen LogP contribution >= 0.6 is 45.2 Å². The fourth-order valence-corrected chi connectivity index (χ4v) is 5.56. The normalized spacial score (nSPS) is 21.5. The number of hydroxylamine groups is 3. The molecule has 0 aromatic heterocycles. The van der Waals surface area contributed by atoms with Crippen LogP contribution in [0.3, 0.4) is 0 Å². The summed E-state index contributed by atoms with van der Waals surface area (Å²) in [6.07, 6.45) is 4.75. The Morgan fingerprint density at radius 2 is 1.75 bits per heavy atom. The van der Waals surface area contributed by atoms with Crippen LogP contribution in [0, 0.1) is 18.3 Å². The molecule has 2 aliphatic rings. The molecule has 2 fully saturated rings. The monoisotopic (exact) mass is 838 g/mol. The number of fused-ring (bicyclic) bond motifs is 1. The predicted molar refractivity (Wildman–Crippen MR) is 187 cm³/mol. The lowest BCUT2D eigenvalue weighted by Gasteiger charge is -2.20. The minimum absolute atomic E-state index is 0.102. The number of halogens is 2. The van der Waals surface area contributed by atoms with Crippen molar-refractivity contribution in [3.8, 4) is 0 Å². The first-order valence-corrected chi connectivity index (χ1v) is 16.6. The first kappa shape index (κ1) is 39.9. The molecule has 2 heterocycles. The molecule has 0 amide bonds. The zero-order chi connectivity index (χ0) is 33.2. The first-order valence-electron chi connectivity index (χ1n) is 14.4. The van der Waals surface area contributed by atoms with E-state index in [4.69, 9.17) is 14.7 Å². The lowest BCUT2D eigenvalue weighted by atomic mass is 9.93. The number of nitrogens with zero attached hydrogens (tertiary/aromatic N) is 2. The van der Waals surface area contributed by atoms with Gasteiger partial charge in [-0.2, -0.15) is 5.06 Å². The number of allylic oxidation sites excluding steroid dienone is 1. The summed E-state index contributed by atoms with van der Waals surface area (Å²) in [5.41, 5.74) is 1.93. The van der Waals surface area contributed by atoms with Gasteiger partial charge in [0.2, 0.25) is 0 Å². The van der Waals surface area contributed by atoms with Gasteiger partial charge < -0.3 is 24.9 Å². The van der Waals surface area contributed by atoms with Gasteiger partial charge in [0.1, 0.15) is 18.2 Å². The number of hydrogen-bond donors (Lipinski definition) is 2. The molecule has 0 unspecified atom stereocenters. The van der Waals surface area contributed by atoms with Crippen molar-refractivity contribution in [2.45, 2.75) is 78.5 Å². The lowest BCUT2D eigenvalue weighted by Crippen LogP contribution is -2.35. The van der Waals surface area contributed by atoms with Gasteiger partial charge in [-0.25, -0.2) is 9.53 Å². The van der Waals surface area contributed by atoms with Gasteiger partial charge in [-0.3, -0.25) is 9.63 Å². The fourth-order valence-electron chi connectivity index (χ4n) is 4.34. The van der Waals surface area contributed by atoms with Crippen LogP contribution in [0.25, 0.3) is 0 Å². The second-order valence-electron chi connectivity index (χ2n) is 9.63. The van der Waals surface area contributed by atoms with E-state index in [0.717, 1.165) is 30.9 Å². The molecule has 12 heteroatoms. The van der Waals surface area contributed by atoms with E-state index in [2.05, 4.69) is 56.0 Å². The number of methoxy groups -OCH3 is 1. The van der Waals surface area contributed by atoms with E-state index >= 15 is 0 Å². The van der Waals surface area contributed by atoms with Crippen LogP contribution in [0.4, 0.5) is 0 Å². The molecule has 2 aromatic carbocycles. The summed E-state index contributed by atoms with van der Waals surface area (Å²) in [6.45, 7) is 10.2. The zero-order valence-electron chi connectivity index (χ0n) is 26.1. The molecule has 10 nitrogen and oxygen atoms in total. The Labute approximate surface area is 287 Å². The summed E-state index contributed by atoms with van der Waals surface area (Å²) in [5, 5.41) is 30.9. The van der Waals surface area contributed by atoms with Crippen LogP contribution in [-0.2, 0) is 37.0 Å². The Morgan fingerprint density at radius 3 is 2.25 bits per heavy atom. The minimum atomic E-state index is -0.643. The molecule has 5 atom stereocenters. The van der Waals surface area contributed by atoms with Crippen molar-refractivity contribution >= 4 is 63.3 Å². The largest absolute Gasteiger partial charge is 0.623 e. The number of carbonyl (C=O) groups is 2. The topological polar surface area (TPSA) is 132 Å². The van der Waals surface area contributed by atoms with E-state index < -0.39 is 12.0 Å². The van der Waals surface area contributed by atoms with Gasteiger partial charge in [-0.1, -0.05) is 57.2 Å². The molecule has 2 N–H and O–H groups in total. The van der Waals surface area contributed by atoms with E-state index in [1.807, 2.05) is 76.2 Å². The van der Waals surface area contributed by atoms with Gasteiger partial charge >= 0.3 is 11.9 Å². The number of cyclic esters (lactones) is 1. The summed E-state index contributed by atoms with van der Waals surface area (Å²) in [7, 11) is 1.23. The standard InChI is InChI=1S/C14H16INO4.C10H10INO3.C6H12O.C2H6/c1-8-12-11(7-17)20-16(13(12)14(18)19-8)6-9-3-2-4-10(15)5-9;1-15-10(13)7-12(14)6-8-3-2-4-9(11)5-8;1-3-4-5-6(2)7;1-2/h2-5,8,11-13,17H,6-7H2,1H3;2-5,7H,6H2,1H3;4-7H,3H2,1-2H3;1-2H3/b;12-7-;5-4-;/t8-,11-,12+,13-;;6-;/m0.0./s1. The van der Waals surface area contributed by atoms with Crippen molar-refractivity contribution in [2.24, 2.45) is 5.92 Å². The number of esters is 2. The Balaban J connectivity index is 0.000000356. The number of hydrogen-bond acceptors (Lipinski definition) is 9. The molecule has 2 saturated heterocycles. The molecule has 0 saturated carbocycles. The third-order valence-electron chi connectivity index (χ3n) is 6.20. The SMILES string of the molecule is CC.CC/C=C\[C@H](C)O.COC(=O)/C=[N+](\[O-])Cc1cccc(I)c1.C[C@@H]1OC(=O)[C@@H]2[C@H]1[C@H](CO)ON2Cc1cccc(I)c1. The molecule has 0 bridgehead atoms. The minimum Gasteiger partial charge on any atom is -0.623 e. The second kappa shape index (κ2) is 21.6. The number of aliphatic hydroxyl groups excluding tert-OH is 2. The molecular formula is C32H44I2N2O8. The Bertz CT molecular complexity index is 1220. The summed E-state index contributed by atoms with van der Waals surface area (Å²) in [5.74, 6) is -1.00. The van der Waals surface area contributed by atoms with Gasteiger partial charge in [-0.15, -0.1) is 0 Å². The Hall–Kier alpha value is -2.11. The molecule has 44 heavy (non-hydrogen) atoms. The van der Waals surface area contributed by atoms with E-state index in [0.29, 0.717) is 11.3 Å². The smallest absolute Gasteiger partial charge is 0.396 e. The molecular weight excluding hydrogens is 794 g/mol. The predicted octanol–water partition coefficient (Wildman–Crippen LogP) is 5.23. The molecule has 0 spiro atoms. The number of benzene rings is 2. The number of aliphatic hydroxyl groups is 2. The highest BCUT2D eigenvalue weighted by Gasteiger charge is 2.56. The lowest BCUT2D eigenvalue weighted by molar-refractivity contribution is -0.469. The molecule has 4 rings (SSSR count). The van der Waals surface area contributed by atoms with E-state index in [1.54, 1.807) is 18.1 Å². The van der Waals surface area contributed by atoms with Crippen molar-refractivity contribution in [1.29, 1.82) is 0 Å². The van der Waals surface area contributed by atoms with Gasteiger partial charge in [0.25, 0.3) is 6.21 Å². The molecule has 244 valence electrons. The number of rotatable bonds is 8. The van der Waals surface area contributed by atoms with E-state index in [1.165, 1.54) is 7.11 Å². The third-order valence-corrected chi connectivity index (χ3v) is 7.54. The highest BCUT2D eigenvalue weighted by atomic mass is 127. The summed E-state index contributed by atoms with van der Waals surface area (Å²) in [4.78, 5) is 28.5. The summed E-state index contributed by atoms with van der Waals surface area (Å²) < 4.78 is 12.4. The van der Waals surface area contributed by atoms with Crippen LogP contribution in [0.1, 0.15) is 52.2 Å². The van der Waals surface area contributed by atoms with Crippen LogP contribution in [-0.4, -0.2) is 76.2 Å². The number of carbonyl (C=O) groups excluding carboxylic acids is 2. The summed E-state index contributed by atoms with van der Waals surface area (Å²) >= 11 is 4.41. The average Bonchev–Trinajstić information content (AvgIpc) is 3.50. The Morgan fingerprint density at radius 1 is 1.16 bits per heavy atom. The van der Waals surface area contributed by atoms with Gasteiger partial charge in [-0.05, 0) is 95.3 Å². The molecule has 2 aromatic rings. The molecule has 2 aliphatic heterocycles. The zero-order valence-corrected chi connectivity index (χ0v) is 30.4. The maximum atomic E-state index is 12.0. The maximum absolute atomic E-state index is 12.0. The van der Waals surface area contributed by atoms with E-state index in [9.17, 15) is 19.9 Å². The van der Waals surface area contributed by atoms with Crippen molar-refractivity contribution in [1.82, 2.24) is 5.06 Å². The van der Waals surface area contributed by atoms with Crippen LogP contribution < -0.4 is 0 Å². The van der Waals surface area contributed by atoms with Crippen molar-refractivity contribution in [3.05, 3.63) is 84.2 Å². The van der Waals surface area contributed by atoms with Gasteiger partial charge in [0, 0.05) is 12.7 Å². The number of ether oxygens (including phenoxy) is 2. The maximum Gasteiger partial charge on any atom is 0.396 e. The first-order chi connectivity index (χ1) is 21.0. The third kappa shape index (κ3) is 13.9. The fraction of sp³-hybridized carbons (Fsp3) is 0.469. The summed E-state index contributed by atoms with van der Waals surface area (Å²) in [6, 6.07) is 15.1. The molecule has 0 radical (unpaired) electrons. The van der Waals surface area contributed by atoms with Crippen molar-refractivity contribution < 1.29 is 38.9 Å². The average molecular weight is 839 g/mol. The van der Waals surface area contributed by atoms with Crippen LogP contribution in [0.2, 0.25) is 0 Å².